The summed E-state index contributed by atoms with van der Waals surface area (Å²) in [6.45, 7) is 0.408. The van der Waals surface area contributed by atoms with E-state index in [2.05, 4.69) is 26.6 Å². The van der Waals surface area contributed by atoms with Crippen LogP contribution in [0, 0.1) is 0 Å². The van der Waals surface area contributed by atoms with Gasteiger partial charge < -0.3 is 47.5 Å². The molecule has 15 heteroatoms. The molecule has 34 heavy (non-hydrogen) atoms. The largest absolute Gasteiger partial charge is 0.441 e. The topological polar surface area (TPSA) is 248 Å². The van der Waals surface area contributed by atoms with Crippen molar-refractivity contribution in [1.29, 1.82) is 0 Å². The van der Waals surface area contributed by atoms with Crippen LogP contribution < -0.4 is 43.8 Å². The summed E-state index contributed by atoms with van der Waals surface area (Å²) in [5, 5.41) is 35.6. The van der Waals surface area contributed by atoms with E-state index in [9.17, 15) is 24.6 Å². The third kappa shape index (κ3) is 6.51. The summed E-state index contributed by atoms with van der Waals surface area (Å²) in [4.78, 5) is 36.1. The first-order valence-corrected chi connectivity index (χ1v) is 11.4. The minimum atomic E-state index is -1.47. The maximum absolute atomic E-state index is 12.7. The van der Waals surface area contributed by atoms with Gasteiger partial charge in [0.1, 0.15) is 30.8 Å². The molecule has 9 atom stereocenters. The van der Waals surface area contributed by atoms with Crippen LogP contribution in [0.2, 0.25) is 0 Å². The zero-order chi connectivity index (χ0) is 24.8. The van der Waals surface area contributed by atoms with Gasteiger partial charge in [0.2, 0.25) is 11.8 Å². The lowest BCUT2D eigenvalue weighted by molar-refractivity contribution is -0.204. The number of ether oxygens (including phenoxy) is 2. The molecule has 0 aromatic heterocycles. The molecule has 3 unspecified atom stereocenters. The van der Waals surface area contributed by atoms with Crippen molar-refractivity contribution in [2.24, 2.45) is 17.2 Å². The number of nitrogens with one attached hydrogen (secondary N) is 5. The van der Waals surface area contributed by atoms with Gasteiger partial charge >= 0.3 is 6.09 Å². The highest BCUT2D eigenvalue weighted by atomic mass is 16.6. The van der Waals surface area contributed by atoms with Gasteiger partial charge in [0.05, 0.1) is 12.6 Å². The fourth-order valence-electron chi connectivity index (χ4n) is 4.53. The standard InChI is InChI=1S/C19H36N8O7/c20-4-1-2-8(21)6-11(29)25-13-14(30)15(34-18(22)32)10(7-28)33-17(13)27-19-24-9-3-5-23-16(31)12(9)26-19/h8-10,12-15,17,19,24,26-28,30H,1-7,20-21H2,(H2,22,32)(H,23,31)(H,25,29)/t8-,9?,10+,12?,13+,14+,15+,17+,19?/m0/s1. The zero-order valence-electron chi connectivity index (χ0n) is 18.8. The predicted octanol–water partition coefficient (Wildman–Crippen LogP) is -5.21. The van der Waals surface area contributed by atoms with Gasteiger partial charge in [-0.1, -0.05) is 0 Å². The summed E-state index contributed by atoms with van der Waals surface area (Å²) in [7, 11) is 0. The quantitative estimate of drug-likeness (QED) is 0.139. The number of carbonyl (C=O) groups is 3. The van der Waals surface area contributed by atoms with E-state index >= 15 is 0 Å². The molecule has 3 amide bonds. The molecule has 0 saturated carbocycles. The number of amides is 3. The Labute approximate surface area is 196 Å². The summed E-state index contributed by atoms with van der Waals surface area (Å²) in [5.41, 5.74) is 16.6. The molecule has 0 radical (unpaired) electrons. The molecule has 3 aliphatic heterocycles. The Morgan fingerprint density at radius 1 is 1.32 bits per heavy atom. The number of piperidine rings is 1. The molecule has 3 aliphatic rings. The highest BCUT2D eigenvalue weighted by molar-refractivity contribution is 5.83. The first kappa shape index (κ1) is 26.5. The Morgan fingerprint density at radius 3 is 2.74 bits per heavy atom. The van der Waals surface area contributed by atoms with Crippen LogP contribution in [0.3, 0.4) is 0 Å². The first-order chi connectivity index (χ1) is 16.2. The summed E-state index contributed by atoms with van der Waals surface area (Å²) < 4.78 is 10.8. The fourth-order valence-corrected chi connectivity index (χ4v) is 4.53. The van der Waals surface area contributed by atoms with Crippen molar-refractivity contribution in [3.05, 3.63) is 0 Å². The monoisotopic (exact) mass is 488 g/mol. The van der Waals surface area contributed by atoms with Crippen LogP contribution in [-0.2, 0) is 19.1 Å². The number of hydrogen-bond donors (Lipinski definition) is 10. The number of nitrogens with two attached hydrogens (primary N) is 3. The number of fused-ring (bicyclic) bond motifs is 1. The van der Waals surface area contributed by atoms with Crippen LogP contribution in [0.25, 0.3) is 0 Å². The van der Waals surface area contributed by atoms with Gasteiger partial charge in [-0.25, -0.2) is 4.79 Å². The lowest BCUT2D eigenvalue weighted by Crippen LogP contribution is -2.71. The normalized spacial score (nSPS) is 36.3. The summed E-state index contributed by atoms with van der Waals surface area (Å²) >= 11 is 0. The van der Waals surface area contributed by atoms with Crippen molar-refractivity contribution < 1.29 is 34.1 Å². The first-order valence-electron chi connectivity index (χ1n) is 11.4. The number of aliphatic hydroxyl groups excluding tert-OH is 2. The third-order valence-corrected chi connectivity index (χ3v) is 6.20. The number of aliphatic hydroxyl groups is 2. The Balaban J connectivity index is 1.72. The van der Waals surface area contributed by atoms with Gasteiger partial charge in [-0.3, -0.25) is 25.5 Å². The van der Waals surface area contributed by atoms with Crippen molar-refractivity contribution in [3.63, 3.8) is 0 Å². The number of primary amides is 1. The molecule has 13 N–H and O–H groups in total. The van der Waals surface area contributed by atoms with E-state index in [1.807, 2.05) is 0 Å². The van der Waals surface area contributed by atoms with Crippen LogP contribution in [-0.4, -0.2) is 103 Å². The Hall–Kier alpha value is -2.11. The molecule has 194 valence electrons. The van der Waals surface area contributed by atoms with Gasteiger partial charge in [0.15, 0.2) is 6.10 Å². The molecule has 0 aromatic carbocycles. The second-order valence-corrected chi connectivity index (χ2v) is 8.76. The lowest BCUT2D eigenvalue weighted by atomic mass is 9.95. The molecule has 0 aliphatic carbocycles. The van der Waals surface area contributed by atoms with E-state index in [-0.39, 0.29) is 18.4 Å². The maximum atomic E-state index is 12.7. The Kier molecular flexibility index (Phi) is 9.38. The molecule has 3 fully saturated rings. The summed E-state index contributed by atoms with van der Waals surface area (Å²) in [6, 6.07) is -2.11. The van der Waals surface area contributed by atoms with E-state index in [4.69, 9.17) is 26.7 Å². The molecule has 0 spiro atoms. The van der Waals surface area contributed by atoms with Crippen molar-refractivity contribution >= 4 is 17.9 Å². The second-order valence-electron chi connectivity index (χ2n) is 8.76. The van der Waals surface area contributed by atoms with Crippen molar-refractivity contribution in [2.75, 3.05) is 19.7 Å². The number of carbonyl (C=O) groups excluding carboxylic acids is 3. The van der Waals surface area contributed by atoms with Crippen molar-refractivity contribution in [2.45, 2.75) is 80.7 Å². The zero-order valence-corrected chi connectivity index (χ0v) is 18.8. The SMILES string of the molecule is NCCC[C@H](N)CC(=O)N[C@@H]1[C@@H](O)[C@H](OC(N)=O)[C@@H](CO)O[C@H]1NC1NC2CCNC(=O)C2N1. The smallest absolute Gasteiger partial charge is 0.404 e. The average molecular weight is 489 g/mol. The third-order valence-electron chi connectivity index (χ3n) is 6.20. The summed E-state index contributed by atoms with van der Waals surface area (Å²) in [5.74, 6) is -0.596. The summed E-state index contributed by atoms with van der Waals surface area (Å²) in [6.07, 6.45) is -4.80. The fraction of sp³-hybridized carbons (Fsp3) is 0.842. The van der Waals surface area contributed by atoms with Crippen LogP contribution in [0.5, 0.6) is 0 Å². The van der Waals surface area contributed by atoms with Gasteiger partial charge in [0, 0.05) is 25.0 Å². The minimum Gasteiger partial charge on any atom is -0.441 e. The number of rotatable bonds is 10. The molecular weight excluding hydrogens is 452 g/mol. The van der Waals surface area contributed by atoms with Crippen LogP contribution in [0.1, 0.15) is 25.7 Å². The van der Waals surface area contributed by atoms with Crippen LogP contribution in [0.15, 0.2) is 0 Å². The molecule has 3 rings (SSSR count). The second kappa shape index (κ2) is 12.0. The highest BCUT2D eigenvalue weighted by Gasteiger charge is 2.49. The Morgan fingerprint density at radius 2 is 2.09 bits per heavy atom. The van der Waals surface area contributed by atoms with E-state index in [0.717, 1.165) is 0 Å². The van der Waals surface area contributed by atoms with Crippen LogP contribution in [0.4, 0.5) is 4.79 Å². The van der Waals surface area contributed by atoms with Crippen molar-refractivity contribution in [3.8, 4) is 0 Å². The average Bonchev–Trinajstić information content (AvgIpc) is 3.20. The van der Waals surface area contributed by atoms with Gasteiger partial charge in [-0.05, 0) is 25.8 Å². The van der Waals surface area contributed by atoms with Gasteiger partial charge in [0.25, 0.3) is 0 Å². The van der Waals surface area contributed by atoms with Crippen LogP contribution >= 0.6 is 0 Å². The Bertz CT molecular complexity index is 731. The van der Waals surface area contributed by atoms with Crippen molar-refractivity contribution in [1.82, 2.24) is 26.6 Å². The molecule has 3 saturated heterocycles. The molecule has 0 bridgehead atoms. The predicted molar refractivity (Wildman–Crippen MR) is 117 cm³/mol. The van der Waals surface area contributed by atoms with E-state index in [1.54, 1.807) is 0 Å². The van der Waals surface area contributed by atoms with E-state index in [1.165, 1.54) is 0 Å². The molecular formula is C19H36N8O7. The molecule has 3 heterocycles. The van der Waals surface area contributed by atoms with Gasteiger partial charge in [-0.2, -0.15) is 0 Å². The maximum Gasteiger partial charge on any atom is 0.404 e. The lowest BCUT2D eigenvalue weighted by Gasteiger charge is -2.44. The van der Waals surface area contributed by atoms with Gasteiger partial charge in [-0.15, -0.1) is 0 Å². The molecule has 15 nitrogen and oxygen atoms in total. The number of hydrogen-bond acceptors (Lipinski definition) is 12. The van der Waals surface area contributed by atoms with E-state index in [0.29, 0.717) is 32.4 Å². The highest BCUT2D eigenvalue weighted by Crippen LogP contribution is 2.24. The van der Waals surface area contributed by atoms with E-state index < -0.39 is 67.6 Å². The minimum absolute atomic E-state index is 0.0229. The molecule has 0 aromatic rings.